The minimum atomic E-state index is 0.276. The highest BCUT2D eigenvalue weighted by Gasteiger charge is 2.03. The molecule has 0 fully saturated rings. The molecule has 0 bridgehead atoms. The van der Waals surface area contributed by atoms with Gasteiger partial charge in [0.25, 0.3) is 0 Å². The van der Waals surface area contributed by atoms with Gasteiger partial charge in [0.05, 0.1) is 13.7 Å². The highest BCUT2D eigenvalue weighted by Crippen LogP contribution is 2.14. The summed E-state index contributed by atoms with van der Waals surface area (Å²) >= 11 is 5.76. The Bertz CT molecular complexity index is 457. The van der Waals surface area contributed by atoms with Crippen molar-refractivity contribution in [3.05, 3.63) is 35.1 Å². The van der Waals surface area contributed by atoms with E-state index in [0.29, 0.717) is 6.54 Å². The van der Waals surface area contributed by atoms with Gasteiger partial charge >= 0.3 is 0 Å². The fraction of sp³-hybridized carbons (Fsp3) is 0.222. The third-order valence-corrected chi connectivity index (χ3v) is 2.23. The molecule has 0 saturated carbocycles. The fourth-order valence-electron chi connectivity index (χ4n) is 1.23. The van der Waals surface area contributed by atoms with Crippen molar-refractivity contribution in [3.8, 4) is 5.75 Å². The lowest BCUT2D eigenvalue weighted by atomic mass is 10.2. The molecule has 1 heterocycles. The maximum Gasteiger partial charge on any atom is 0.243 e. The van der Waals surface area contributed by atoms with E-state index in [0.717, 1.165) is 11.3 Å². The number of nitrogens with zero attached hydrogens (tertiary/aromatic N) is 4. The van der Waals surface area contributed by atoms with Crippen molar-refractivity contribution < 1.29 is 4.74 Å². The Balaban J connectivity index is 2.21. The summed E-state index contributed by atoms with van der Waals surface area (Å²) in [4.78, 5) is 0. The third kappa shape index (κ3) is 2.24. The second kappa shape index (κ2) is 4.27. The minimum Gasteiger partial charge on any atom is -0.497 e. The Labute approximate surface area is 91.6 Å². The molecule has 2 rings (SSSR count). The van der Waals surface area contributed by atoms with Gasteiger partial charge in [0.2, 0.25) is 5.28 Å². The van der Waals surface area contributed by atoms with Gasteiger partial charge in [0.15, 0.2) is 0 Å². The van der Waals surface area contributed by atoms with E-state index in [4.69, 9.17) is 16.3 Å². The predicted molar refractivity (Wildman–Crippen MR) is 54.9 cm³/mol. The average molecular weight is 225 g/mol. The van der Waals surface area contributed by atoms with E-state index in [1.807, 2.05) is 24.3 Å². The second-order valence-corrected chi connectivity index (χ2v) is 3.30. The van der Waals surface area contributed by atoms with Gasteiger partial charge in [-0.05, 0) is 39.7 Å². The van der Waals surface area contributed by atoms with Crippen LogP contribution < -0.4 is 4.74 Å². The highest BCUT2D eigenvalue weighted by atomic mass is 35.5. The molecule has 0 aliphatic heterocycles. The van der Waals surface area contributed by atoms with Crippen LogP contribution >= 0.6 is 11.6 Å². The molecule has 0 unspecified atom stereocenters. The largest absolute Gasteiger partial charge is 0.497 e. The molecule has 0 aliphatic rings. The van der Waals surface area contributed by atoms with Crippen LogP contribution in [0.4, 0.5) is 0 Å². The van der Waals surface area contributed by atoms with E-state index >= 15 is 0 Å². The van der Waals surface area contributed by atoms with E-state index in [1.165, 1.54) is 4.68 Å². The van der Waals surface area contributed by atoms with Crippen LogP contribution in [0.1, 0.15) is 5.56 Å². The van der Waals surface area contributed by atoms with Crippen molar-refractivity contribution in [2.24, 2.45) is 0 Å². The summed E-state index contributed by atoms with van der Waals surface area (Å²) < 4.78 is 6.62. The van der Waals surface area contributed by atoms with E-state index in [2.05, 4.69) is 15.5 Å². The minimum absolute atomic E-state index is 0.276. The first-order valence-corrected chi connectivity index (χ1v) is 4.72. The molecular weight excluding hydrogens is 216 g/mol. The summed E-state index contributed by atoms with van der Waals surface area (Å²) in [6.45, 7) is 0.531. The summed E-state index contributed by atoms with van der Waals surface area (Å²) in [5, 5.41) is 11.1. The van der Waals surface area contributed by atoms with Gasteiger partial charge in [-0.3, -0.25) is 0 Å². The van der Waals surface area contributed by atoms with Crippen LogP contribution in [0.25, 0.3) is 0 Å². The zero-order chi connectivity index (χ0) is 10.7. The third-order valence-electron chi connectivity index (χ3n) is 1.95. The van der Waals surface area contributed by atoms with Crippen LogP contribution in [0.5, 0.6) is 5.75 Å². The number of hydrogen-bond acceptors (Lipinski definition) is 4. The van der Waals surface area contributed by atoms with Crippen LogP contribution in [0.2, 0.25) is 5.28 Å². The predicted octanol–water partition coefficient (Wildman–Crippen LogP) is 1.38. The number of methoxy groups -OCH3 is 1. The number of benzene rings is 1. The lowest BCUT2D eigenvalue weighted by Gasteiger charge is -2.03. The van der Waals surface area contributed by atoms with E-state index in [-0.39, 0.29) is 5.28 Å². The molecule has 6 heteroatoms. The van der Waals surface area contributed by atoms with Crippen molar-refractivity contribution in [2.75, 3.05) is 7.11 Å². The van der Waals surface area contributed by atoms with Gasteiger partial charge in [0, 0.05) is 0 Å². The Hall–Kier alpha value is -1.62. The monoisotopic (exact) mass is 224 g/mol. The molecule has 78 valence electrons. The van der Waals surface area contributed by atoms with Gasteiger partial charge in [0.1, 0.15) is 5.75 Å². The molecule has 0 saturated heterocycles. The topological polar surface area (TPSA) is 52.8 Å². The van der Waals surface area contributed by atoms with Crippen molar-refractivity contribution in [1.82, 2.24) is 20.2 Å². The molecule has 0 amide bonds. The fourth-order valence-corrected chi connectivity index (χ4v) is 1.36. The molecule has 0 radical (unpaired) electrons. The first kappa shape index (κ1) is 9.92. The molecule has 2 aromatic rings. The molecule has 1 aromatic heterocycles. The second-order valence-electron chi connectivity index (χ2n) is 2.96. The van der Waals surface area contributed by atoms with Gasteiger partial charge in [-0.25, -0.2) is 4.68 Å². The smallest absolute Gasteiger partial charge is 0.243 e. The van der Waals surface area contributed by atoms with Crippen molar-refractivity contribution in [3.63, 3.8) is 0 Å². The zero-order valence-electron chi connectivity index (χ0n) is 8.09. The van der Waals surface area contributed by atoms with Crippen LogP contribution in [-0.2, 0) is 6.54 Å². The van der Waals surface area contributed by atoms with Crippen LogP contribution in [0.15, 0.2) is 24.3 Å². The maximum atomic E-state index is 5.76. The van der Waals surface area contributed by atoms with Crippen LogP contribution in [-0.4, -0.2) is 27.3 Å². The van der Waals surface area contributed by atoms with E-state index < -0.39 is 0 Å². The van der Waals surface area contributed by atoms with Crippen molar-refractivity contribution in [1.29, 1.82) is 0 Å². The summed E-state index contributed by atoms with van der Waals surface area (Å²) in [5.41, 5.74) is 1.03. The van der Waals surface area contributed by atoms with Crippen LogP contribution in [0.3, 0.4) is 0 Å². The Morgan fingerprint density at radius 2 is 2.33 bits per heavy atom. The lowest BCUT2D eigenvalue weighted by molar-refractivity contribution is 0.414. The Kier molecular flexibility index (Phi) is 2.82. The Morgan fingerprint density at radius 1 is 1.47 bits per heavy atom. The molecule has 5 nitrogen and oxygen atoms in total. The van der Waals surface area contributed by atoms with E-state index in [9.17, 15) is 0 Å². The standard InChI is InChI=1S/C9H9ClN4O/c1-15-8-4-2-3-7(5-8)6-14-9(10)11-12-13-14/h2-5H,6H2,1H3. The molecule has 1 aromatic carbocycles. The maximum absolute atomic E-state index is 5.76. The Morgan fingerprint density at radius 3 is 3.00 bits per heavy atom. The summed E-state index contributed by atoms with van der Waals surface area (Å²) in [6, 6.07) is 7.66. The number of aromatic nitrogens is 4. The number of hydrogen-bond donors (Lipinski definition) is 0. The molecular formula is C9H9ClN4O. The quantitative estimate of drug-likeness (QED) is 0.791. The number of ether oxygens (including phenoxy) is 1. The average Bonchev–Trinajstić information content (AvgIpc) is 2.65. The van der Waals surface area contributed by atoms with Gasteiger partial charge in [-0.1, -0.05) is 17.2 Å². The van der Waals surface area contributed by atoms with E-state index in [1.54, 1.807) is 7.11 Å². The first-order chi connectivity index (χ1) is 7.29. The number of tetrazole rings is 1. The lowest BCUT2D eigenvalue weighted by Crippen LogP contribution is -2.02. The number of halogens is 1. The van der Waals surface area contributed by atoms with Crippen molar-refractivity contribution in [2.45, 2.75) is 6.54 Å². The first-order valence-electron chi connectivity index (χ1n) is 4.34. The summed E-state index contributed by atoms with van der Waals surface area (Å²) in [7, 11) is 1.63. The summed E-state index contributed by atoms with van der Waals surface area (Å²) in [5.74, 6) is 0.802. The van der Waals surface area contributed by atoms with Gasteiger partial charge in [-0.15, -0.1) is 0 Å². The van der Waals surface area contributed by atoms with Gasteiger partial charge in [-0.2, -0.15) is 0 Å². The van der Waals surface area contributed by atoms with Crippen molar-refractivity contribution >= 4 is 11.6 Å². The molecule has 0 N–H and O–H groups in total. The molecule has 15 heavy (non-hydrogen) atoms. The highest BCUT2D eigenvalue weighted by molar-refractivity contribution is 6.28. The summed E-state index contributed by atoms with van der Waals surface area (Å²) in [6.07, 6.45) is 0. The normalized spacial score (nSPS) is 10.3. The molecule has 0 spiro atoms. The molecule has 0 atom stereocenters. The SMILES string of the molecule is COc1cccc(Cn2nnnc2Cl)c1. The van der Waals surface area contributed by atoms with Gasteiger partial charge < -0.3 is 4.74 Å². The van der Waals surface area contributed by atoms with Crippen LogP contribution in [0, 0.1) is 0 Å². The number of rotatable bonds is 3. The molecule has 0 aliphatic carbocycles. The zero-order valence-corrected chi connectivity index (χ0v) is 8.85.